The van der Waals surface area contributed by atoms with Gasteiger partial charge in [-0.3, -0.25) is 4.79 Å². The number of nitrogens with zero attached hydrogens (tertiary/aromatic N) is 1. The predicted molar refractivity (Wildman–Crippen MR) is 61.0 cm³/mol. The van der Waals surface area contributed by atoms with E-state index in [1.54, 1.807) is 0 Å². The van der Waals surface area contributed by atoms with E-state index in [2.05, 4.69) is 5.32 Å². The van der Waals surface area contributed by atoms with Crippen molar-refractivity contribution in [1.29, 1.82) is 0 Å². The molecule has 2 rings (SSSR count). The van der Waals surface area contributed by atoms with Gasteiger partial charge in [-0.1, -0.05) is 0 Å². The Morgan fingerprint density at radius 1 is 1.44 bits per heavy atom. The number of amides is 1. The molecule has 0 spiro atoms. The van der Waals surface area contributed by atoms with Gasteiger partial charge in [-0.15, -0.1) is 0 Å². The second kappa shape index (κ2) is 5.64. The van der Waals surface area contributed by atoms with Crippen molar-refractivity contribution in [2.45, 2.75) is 31.0 Å². The number of aliphatic hydroxyl groups excluding tert-OH is 1. The van der Waals surface area contributed by atoms with Crippen LogP contribution in [0.2, 0.25) is 0 Å². The summed E-state index contributed by atoms with van der Waals surface area (Å²) in [5.74, 6) is -1.31. The average Bonchev–Trinajstić information content (AvgIpc) is 2.73. The highest BCUT2D eigenvalue weighted by molar-refractivity contribution is 5.84. The molecule has 2 saturated heterocycles. The lowest BCUT2D eigenvalue weighted by atomic mass is 10.1. The Morgan fingerprint density at radius 3 is 2.83 bits per heavy atom. The van der Waals surface area contributed by atoms with Gasteiger partial charge in [-0.2, -0.15) is 0 Å². The number of morpholine rings is 1. The van der Waals surface area contributed by atoms with Gasteiger partial charge in [0, 0.05) is 32.0 Å². The van der Waals surface area contributed by atoms with Crippen molar-refractivity contribution in [2.75, 3.05) is 26.3 Å². The van der Waals surface area contributed by atoms with Crippen molar-refractivity contribution in [3.05, 3.63) is 0 Å². The van der Waals surface area contributed by atoms with Crippen LogP contribution >= 0.6 is 0 Å². The third-order valence-corrected chi connectivity index (χ3v) is 3.30. The summed E-state index contributed by atoms with van der Waals surface area (Å²) < 4.78 is 5.24. The number of aliphatic hydroxyl groups is 1. The first-order chi connectivity index (χ1) is 8.58. The Bertz CT molecular complexity index is 329. The Morgan fingerprint density at radius 2 is 2.22 bits per heavy atom. The molecule has 0 radical (unpaired) electrons. The number of ether oxygens (including phenoxy) is 1. The van der Waals surface area contributed by atoms with Crippen LogP contribution < -0.4 is 5.32 Å². The fraction of sp³-hybridized carbons (Fsp3) is 0.818. The molecule has 2 aliphatic rings. The van der Waals surface area contributed by atoms with E-state index in [-0.39, 0.29) is 31.3 Å². The van der Waals surface area contributed by atoms with Gasteiger partial charge in [0.1, 0.15) is 6.04 Å². The van der Waals surface area contributed by atoms with Crippen molar-refractivity contribution in [1.82, 2.24) is 10.2 Å². The van der Waals surface area contributed by atoms with E-state index in [1.165, 1.54) is 4.90 Å². The third kappa shape index (κ3) is 2.98. The fourth-order valence-electron chi connectivity index (χ4n) is 2.40. The molecule has 1 unspecified atom stereocenters. The van der Waals surface area contributed by atoms with Gasteiger partial charge in [-0.25, -0.2) is 4.79 Å². The van der Waals surface area contributed by atoms with Crippen molar-refractivity contribution in [3.63, 3.8) is 0 Å². The summed E-state index contributed by atoms with van der Waals surface area (Å²) in [5, 5.41) is 21.6. The van der Waals surface area contributed by atoms with Crippen molar-refractivity contribution < 1.29 is 24.5 Å². The van der Waals surface area contributed by atoms with E-state index in [0.717, 1.165) is 0 Å². The molecule has 18 heavy (non-hydrogen) atoms. The molecule has 0 aromatic carbocycles. The van der Waals surface area contributed by atoms with E-state index in [0.29, 0.717) is 19.8 Å². The van der Waals surface area contributed by atoms with Gasteiger partial charge in [0.25, 0.3) is 0 Å². The topological polar surface area (TPSA) is 99.1 Å². The van der Waals surface area contributed by atoms with Crippen LogP contribution in [0.15, 0.2) is 0 Å². The molecule has 0 saturated carbocycles. The molecule has 2 heterocycles. The molecule has 0 aromatic heterocycles. The smallest absolute Gasteiger partial charge is 0.326 e. The summed E-state index contributed by atoms with van der Waals surface area (Å²) in [6.07, 6.45) is -0.433. The van der Waals surface area contributed by atoms with Crippen LogP contribution in [0.5, 0.6) is 0 Å². The van der Waals surface area contributed by atoms with Crippen molar-refractivity contribution in [3.8, 4) is 0 Å². The molecule has 7 nitrogen and oxygen atoms in total. The number of hydrogen-bond acceptors (Lipinski definition) is 5. The van der Waals surface area contributed by atoms with Gasteiger partial charge in [0.05, 0.1) is 19.3 Å². The molecular weight excluding hydrogens is 240 g/mol. The van der Waals surface area contributed by atoms with Crippen LogP contribution in [0, 0.1) is 0 Å². The molecule has 2 aliphatic heterocycles. The third-order valence-electron chi connectivity index (χ3n) is 3.30. The maximum atomic E-state index is 12.0. The molecule has 0 aliphatic carbocycles. The van der Waals surface area contributed by atoms with Gasteiger partial charge in [0.2, 0.25) is 5.91 Å². The van der Waals surface area contributed by atoms with Gasteiger partial charge < -0.3 is 25.2 Å². The minimum Gasteiger partial charge on any atom is -0.480 e. The zero-order chi connectivity index (χ0) is 13.1. The highest BCUT2D eigenvalue weighted by atomic mass is 16.5. The van der Waals surface area contributed by atoms with Crippen LogP contribution in [0.4, 0.5) is 0 Å². The summed E-state index contributed by atoms with van der Waals surface area (Å²) in [7, 11) is 0. The summed E-state index contributed by atoms with van der Waals surface area (Å²) in [4.78, 5) is 24.3. The van der Waals surface area contributed by atoms with Gasteiger partial charge in [-0.05, 0) is 0 Å². The number of β-amino-alcohol motifs (C(OH)–C–C–N with tert-alkyl or cyclic N) is 1. The maximum absolute atomic E-state index is 12.0. The van der Waals surface area contributed by atoms with E-state index >= 15 is 0 Å². The number of carbonyl (C=O) groups excluding carboxylic acids is 1. The Kier molecular flexibility index (Phi) is 4.15. The Labute approximate surface area is 105 Å². The van der Waals surface area contributed by atoms with E-state index in [4.69, 9.17) is 9.84 Å². The molecule has 0 bridgehead atoms. The molecular formula is C11H18N2O5. The van der Waals surface area contributed by atoms with Crippen molar-refractivity contribution >= 4 is 11.9 Å². The Hall–Kier alpha value is -1.18. The zero-order valence-corrected chi connectivity index (χ0v) is 10.0. The lowest BCUT2D eigenvalue weighted by molar-refractivity contribution is -0.148. The Balaban J connectivity index is 1.92. The van der Waals surface area contributed by atoms with Gasteiger partial charge in [0.15, 0.2) is 0 Å². The van der Waals surface area contributed by atoms with Crippen molar-refractivity contribution in [2.24, 2.45) is 0 Å². The number of carbonyl (C=O) groups is 2. The van der Waals surface area contributed by atoms with Crippen LogP contribution in [-0.4, -0.2) is 71.5 Å². The molecule has 102 valence electrons. The fourth-order valence-corrected chi connectivity index (χ4v) is 2.40. The van der Waals surface area contributed by atoms with E-state index in [9.17, 15) is 14.7 Å². The molecule has 0 aromatic rings. The number of aliphatic carboxylic acids is 1. The lowest BCUT2D eigenvalue weighted by Gasteiger charge is -2.27. The molecule has 3 atom stereocenters. The second-order valence-electron chi connectivity index (χ2n) is 4.72. The SMILES string of the molecule is O=C(O)[C@@H]1C[C@@H](O)CN1C(=O)CC1COCCN1. The number of hydrogen-bond donors (Lipinski definition) is 3. The number of rotatable bonds is 3. The summed E-state index contributed by atoms with van der Waals surface area (Å²) in [6, 6.07) is -0.976. The van der Waals surface area contributed by atoms with Crippen LogP contribution in [0.25, 0.3) is 0 Å². The zero-order valence-electron chi connectivity index (χ0n) is 10.0. The number of likely N-dealkylation sites (tertiary alicyclic amines) is 1. The van der Waals surface area contributed by atoms with E-state index < -0.39 is 18.1 Å². The normalized spacial score (nSPS) is 32.5. The minimum absolute atomic E-state index is 0.0709. The van der Waals surface area contributed by atoms with Crippen LogP contribution in [-0.2, 0) is 14.3 Å². The summed E-state index contributed by atoms with van der Waals surface area (Å²) in [6.45, 7) is 1.89. The van der Waals surface area contributed by atoms with Crippen LogP contribution in [0.1, 0.15) is 12.8 Å². The van der Waals surface area contributed by atoms with Crippen LogP contribution in [0.3, 0.4) is 0 Å². The highest BCUT2D eigenvalue weighted by Gasteiger charge is 2.39. The first-order valence-corrected chi connectivity index (χ1v) is 6.09. The monoisotopic (exact) mass is 258 g/mol. The standard InChI is InChI=1S/C11H18N2O5/c14-8-4-9(11(16)17)13(5-8)10(15)3-7-6-18-2-1-12-7/h7-9,12,14H,1-6H2,(H,16,17)/t7?,8-,9+/m1/s1. The number of nitrogens with one attached hydrogen (secondary N) is 1. The maximum Gasteiger partial charge on any atom is 0.326 e. The van der Waals surface area contributed by atoms with Gasteiger partial charge >= 0.3 is 5.97 Å². The predicted octanol–water partition coefficient (Wildman–Crippen LogP) is -1.59. The minimum atomic E-state index is -1.06. The molecule has 7 heteroatoms. The first-order valence-electron chi connectivity index (χ1n) is 6.09. The quantitative estimate of drug-likeness (QED) is 0.564. The summed E-state index contributed by atoms with van der Waals surface area (Å²) in [5.41, 5.74) is 0. The largest absolute Gasteiger partial charge is 0.480 e. The first kappa shape index (κ1) is 13.3. The highest BCUT2D eigenvalue weighted by Crippen LogP contribution is 2.19. The molecule has 3 N–H and O–H groups in total. The lowest BCUT2D eigenvalue weighted by Crippen LogP contribution is -2.47. The second-order valence-corrected chi connectivity index (χ2v) is 4.72. The molecule has 2 fully saturated rings. The van der Waals surface area contributed by atoms with E-state index in [1.807, 2.05) is 0 Å². The number of carboxylic acids is 1. The average molecular weight is 258 g/mol. The molecule has 1 amide bonds. The summed E-state index contributed by atoms with van der Waals surface area (Å²) >= 11 is 0. The number of carboxylic acid groups (broad SMARTS) is 1.